The highest BCUT2D eigenvalue weighted by Crippen LogP contribution is 2.31. The third-order valence-corrected chi connectivity index (χ3v) is 3.70. The number of rotatable bonds is 5. The van der Waals surface area contributed by atoms with Crippen LogP contribution in [0.15, 0.2) is 6.07 Å². The van der Waals surface area contributed by atoms with Crippen LogP contribution in [0.4, 0.5) is 11.8 Å². The minimum atomic E-state index is -0.206. The van der Waals surface area contributed by atoms with E-state index in [1.54, 1.807) is 0 Å². The van der Waals surface area contributed by atoms with Crippen molar-refractivity contribution in [3.05, 3.63) is 11.8 Å². The van der Waals surface area contributed by atoms with E-state index in [0.29, 0.717) is 5.95 Å². The van der Waals surface area contributed by atoms with E-state index in [1.165, 1.54) is 6.42 Å². The Morgan fingerprint density at radius 2 is 2.00 bits per heavy atom. The molecule has 0 unspecified atom stereocenters. The van der Waals surface area contributed by atoms with E-state index in [1.807, 2.05) is 19.9 Å². The third kappa shape index (κ3) is 3.56. The zero-order valence-corrected chi connectivity index (χ0v) is 11.9. The molecule has 106 valence electrons. The molecular weight excluding hydrogens is 240 g/mol. The molecule has 19 heavy (non-hydrogen) atoms. The van der Waals surface area contributed by atoms with E-state index in [9.17, 15) is 5.11 Å². The number of hydrogen-bond donors (Lipinski definition) is 3. The van der Waals surface area contributed by atoms with Crippen molar-refractivity contribution < 1.29 is 5.11 Å². The number of hydrogen-bond acceptors (Lipinski definition) is 5. The molecule has 0 radical (unpaired) electrons. The maximum atomic E-state index is 9.72. The lowest BCUT2D eigenvalue weighted by Crippen LogP contribution is -2.44. The molecule has 5 heteroatoms. The van der Waals surface area contributed by atoms with Crippen LogP contribution < -0.4 is 10.6 Å². The van der Waals surface area contributed by atoms with E-state index in [2.05, 4.69) is 20.6 Å². The number of aliphatic hydroxyl groups is 1. The van der Waals surface area contributed by atoms with Crippen LogP contribution in [-0.4, -0.2) is 33.8 Å². The van der Waals surface area contributed by atoms with Crippen molar-refractivity contribution in [2.45, 2.75) is 51.5 Å². The predicted octanol–water partition coefficient (Wildman–Crippen LogP) is 2.32. The molecule has 0 aromatic carbocycles. The molecule has 1 heterocycles. The Bertz CT molecular complexity index is 416. The quantitative estimate of drug-likeness (QED) is 0.761. The lowest BCUT2D eigenvalue weighted by atomic mass is 9.82. The molecule has 3 N–H and O–H groups in total. The van der Waals surface area contributed by atoms with Gasteiger partial charge in [0.25, 0.3) is 0 Å². The fraction of sp³-hybridized carbons (Fsp3) is 0.714. The number of aryl methyl sites for hydroxylation is 1. The molecule has 1 aliphatic rings. The van der Waals surface area contributed by atoms with E-state index >= 15 is 0 Å². The summed E-state index contributed by atoms with van der Waals surface area (Å²) in [6.45, 7) is 4.94. The number of anilines is 2. The molecule has 1 aliphatic carbocycles. The summed E-state index contributed by atoms with van der Waals surface area (Å²) in [5, 5.41) is 16.3. The van der Waals surface area contributed by atoms with E-state index in [0.717, 1.165) is 43.7 Å². The summed E-state index contributed by atoms with van der Waals surface area (Å²) in [5.74, 6) is 1.45. The van der Waals surface area contributed by atoms with Gasteiger partial charge in [0.2, 0.25) is 5.95 Å². The van der Waals surface area contributed by atoms with Gasteiger partial charge in [0.05, 0.1) is 12.1 Å². The third-order valence-electron chi connectivity index (χ3n) is 3.70. The Balaban J connectivity index is 2.16. The average Bonchev–Trinajstić information content (AvgIpc) is 2.39. The van der Waals surface area contributed by atoms with Crippen molar-refractivity contribution in [1.82, 2.24) is 9.97 Å². The van der Waals surface area contributed by atoms with Crippen molar-refractivity contribution in [3.8, 4) is 0 Å². The predicted molar refractivity (Wildman–Crippen MR) is 77.5 cm³/mol. The molecule has 0 bridgehead atoms. The van der Waals surface area contributed by atoms with Crippen LogP contribution in [0, 0.1) is 6.92 Å². The normalized spacial score (nSPS) is 18.1. The van der Waals surface area contributed by atoms with Crippen molar-refractivity contribution in [3.63, 3.8) is 0 Å². The van der Waals surface area contributed by atoms with Gasteiger partial charge in [-0.1, -0.05) is 19.3 Å². The second-order valence-electron chi connectivity index (χ2n) is 5.37. The summed E-state index contributed by atoms with van der Waals surface area (Å²) in [6, 6.07) is 1.94. The van der Waals surface area contributed by atoms with Gasteiger partial charge in [0.1, 0.15) is 5.82 Å². The zero-order chi connectivity index (χ0) is 13.7. The molecule has 0 spiro atoms. The van der Waals surface area contributed by atoms with Gasteiger partial charge in [-0.3, -0.25) is 0 Å². The number of aromatic nitrogens is 2. The highest BCUT2D eigenvalue weighted by molar-refractivity contribution is 5.44. The number of aliphatic hydroxyl groups excluding tert-OH is 1. The van der Waals surface area contributed by atoms with Crippen LogP contribution in [-0.2, 0) is 0 Å². The Labute approximate surface area is 114 Å². The van der Waals surface area contributed by atoms with Gasteiger partial charge in [-0.25, -0.2) is 4.98 Å². The first-order valence-electron chi connectivity index (χ1n) is 7.16. The maximum Gasteiger partial charge on any atom is 0.224 e. The van der Waals surface area contributed by atoms with Gasteiger partial charge in [-0.2, -0.15) is 4.98 Å². The SMILES string of the molecule is CCNc1nc(C)cc(NC2(CO)CCCCC2)n1. The lowest BCUT2D eigenvalue weighted by molar-refractivity contribution is 0.172. The first-order chi connectivity index (χ1) is 9.17. The minimum Gasteiger partial charge on any atom is -0.394 e. The molecule has 0 amide bonds. The second kappa shape index (κ2) is 6.19. The molecule has 1 saturated carbocycles. The van der Waals surface area contributed by atoms with Gasteiger partial charge in [0, 0.05) is 18.3 Å². The molecule has 1 fully saturated rings. The van der Waals surface area contributed by atoms with E-state index in [4.69, 9.17) is 0 Å². The topological polar surface area (TPSA) is 70.1 Å². The van der Waals surface area contributed by atoms with Crippen molar-refractivity contribution in [1.29, 1.82) is 0 Å². The summed E-state index contributed by atoms with van der Waals surface area (Å²) in [5.41, 5.74) is 0.722. The average molecular weight is 264 g/mol. The summed E-state index contributed by atoms with van der Waals surface area (Å²) >= 11 is 0. The summed E-state index contributed by atoms with van der Waals surface area (Å²) < 4.78 is 0. The van der Waals surface area contributed by atoms with Gasteiger partial charge in [-0.15, -0.1) is 0 Å². The first-order valence-corrected chi connectivity index (χ1v) is 7.16. The standard InChI is InChI=1S/C14H24N4O/c1-3-15-13-16-11(2)9-12(17-13)18-14(10-19)7-5-4-6-8-14/h9,19H,3-8,10H2,1-2H3,(H2,15,16,17,18). The molecule has 0 aliphatic heterocycles. The van der Waals surface area contributed by atoms with Crippen molar-refractivity contribution in [2.24, 2.45) is 0 Å². The molecule has 1 aromatic rings. The second-order valence-corrected chi connectivity index (χ2v) is 5.37. The Morgan fingerprint density at radius 3 is 2.63 bits per heavy atom. The molecule has 5 nitrogen and oxygen atoms in total. The molecule has 0 saturated heterocycles. The van der Waals surface area contributed by atoms with E-state index < -0.39 is 0 Å². The largest absolute Gasteiger partial charge is 0.394 e. The molecule has 0 atom stereocenters. The smallest absolute Gasteiger partial charge is 0.224 e. The number of nitrogens with one attached hydrogen (secondary N) is 2. The zero-order valence-electron chi connectivity index (χ0n) is 11.9. The van der Waals surface area contributed by atoms with Crippen LogP contribution in [0.5, 0.6) is 0 Å². The fourth-order valence-electron chi connectivity index (χ4n) is 2.69. The van der Waals surface area contributed by atoms with Gasteiger partial charge < -0.3 is 15.7 Å². The van der Waals surface area contributed by atoms with Crippen LogP contribution in [0.25, 0.3) is 0 Å². The van der Waals surface area contributed by atoms with Gasteiger partial charge >= 0.3 is 0 Å². The molecule has 1 aromatic heterocycles. The van der Waals surface area contributed by atoms with Crippen LogP contribution >= 0.6 is 0 Å². The fourth-order valence-corrected chi connectivity index (χ4v) is 2.69. The Morgan fingerprint density at radius 1 is 1.26 bits per heavy atom. The van der Waals surface area contributed by atoms with Crippen LogP contribution in [0.1, 0.15) is 44.7 Å². The first kappa shape index (κ1) is 14.1. The van der Waals surface area contributed by atoms with Crippen molar-refractivity contribution >= 4 is 11.8 Å². The molecular formula is C14H24N4O. The Hall–Kier alpha value is -1.36. The Kier molecular flexibility index (Phi) is 4.58. The van der Waals surface area contributed by atoms with Gasteiger partial charge in [0.15, 0.2) is 0 Å². The highest BCUT2D eigenvalue weighted by atomic mass is 16.3. The monoisotopic (exact) mass is 264 g/mol. The van der Waals surface area contributed by atoms with Crippen LogP contribution in [0.3, 0.4) is 0 Å². The van der Waals surface area contributed by atoms with E-state index in [-0.39, 0.29) is 12.1 Å². The maximum absolute atomic E-state index is 9.72. The highest BCUT2D eigenvalue weighted by Gasteiger charge is 2.31. The molecule has 2 rings (SSSR count). The minimum absolute atomic E-state index is 0.159. The lowest BCUT2D eigenvalue weighted by Gasteiger charge is -2.37. The van der Waals surface area contributed by atoms with Crippen LogP contribution in [0.2, 0.25) is 0 Å². The summed E-state index contributed by atoms with van der Waals surface area (Å²) in [4.78, 5) is 8.81. The summed E-state index contributed by atoms with van der Waals surface area (Å²) in [6.07, 6.45) is 5.59. The van der Waals surface area contributed by atoms with Gasteiger partial charge in [-0.05, 0) is 26.7 Å². The number of nitrogens with zero attached hydrogens (tertiary/aromatic N) is 2. The summed E-state index contributed by atoms with van der Waals surface area (Å²) in [7, 11) is 0. The van der Waals surface area contributed by atoms with Crippen molar-refractivity contribution in [2.75, 3.05) is 23.8 Å².